The molecule has 0 aliphatic heterocycles. The third-order valence-corrected chi connectivity index (χ3v) is 6.44. The Labute approximate surface area is 188 Å². The second kappa shape index (κ2) is 8.39. The molecule has 2 aromatic heterocycles. The highest BCUT2D eigenvalue weighted by Crippen LogP contribution is 2.36. The van der Waals surface area contributed by atoms with E-state index in [0.29, 0.717) is 17.4 Å². The highest BCUT2D eigenvalue weighted by Gasteiger charge is 2.30. The molecule has 1 N–H and O–H groups in total. The Balaban J connectivity index is 1.51. The van der Waals surface area contributed by atoms with E-state index in [1.165, 1.54) is 21.6 Å². The molecular weight excluding hydrogens is 493 g/mol. The fourth-order valence-electron chi connectivity index (χ4n) is 3.89. The maximum absolute atomic E-state index is 11.9. The third-order valence-electron chi connectivity index (χ3n) is 5.41. The lowest BCUT2D eigenvalue weighted by molar-refractivity contribution is -0.112. The smallest absolute Gasteiger partial charge is 0.259 e. The molecule has 30 heavy (non-hydrogen) atoms. The van der Waals surface area contributed by atoms with Crippen LogP contribution in [0.2, 0.25) is 0 Å². The van der Waals surface area contributed by atoms with Gasteiger partial charge in [-0.3, -0.25) is 4.79 Å². The summed E-state index contributed by atoms with van der Waals surface area (Å²) in [5.74, 6) is 1.75. The second-order valence-electron chi connectivity index (χ2n) is 7.28. The van der Waals surface area contributed by atoms with Crippen LogP contribution < -0.4 is 8.43 Å². The summed E-state index contributed by atoms with van der Waals surface area (Å²) in [6.45, 7) is 3.54. The number of aryl methyl sites for hydroxylation is 1. The van der Waals surface area contributed by atoms with Gasteiger partial charge in [0.15, 0.2) is 0 Å². The van der Waals surface area contributed by atoms with E-state index < -0.39 is 0 Å². The first kappa shape index (κ1) is 20.3. The van der Waals surface area contributed by atoms with Gasteiger partial charge in [0.25, 0.3) is 5.91 Å². The molecule has 0 spiro atoms. The standard InChI is InChI=1S/C21H20IN7O/c1-3-19(30)29(22)16-6-7-18-17(9-16)27-20(28(18)2)14-4-5-15(8-14)26-21-24-11-13(10-23)12-25-21/h3,6-7,9,11-12,14-15H,1,4-5,8H2,2H3,(H,24,25,26)/t14-,15+/m0/s1. The predicted molar refractivity (Wildman–Crippen MR) is 123 cm³/mol. The van der Waals surface area contributed by atoms with Gasteiger partial charge in [-0.15, -0.1) is 0 Å². The number of amides is 1. The zero-order valence-electron chi connectivity index (χ0n) is 16.4. The average molecular weight is 513 g/mol. The summed E-state index contributed by atoms with van der Waals surface area (Å²) in [5, 5.41) is 12.2. The fraction of sp³-hybridized carbons (Fsp3) is 0.286. The van der Waals surface area contributed by atoms with Gasteiger partial charge in [0.05, 0.1) is 57.5 Å². The van der Waals surface area contributed by atoms with Crippen molar-refractivity contribution in [2.45, 2.75) is 31.2 Å². The van der Waals surface area contributed by atoms with E-state index in [4.69, 9.17) is 10.2 Å². The molecule has 0 unspecified atom stereocenters. The van der Waals surface area contributed by atoms with Crippen molar-refractivity contribution in [1.29, 1.82) is 5.26 Å². The highest BCUT2D eigenvalue weighted by molar-refractivity contribution is 14.1. The van der Waals surface area contributed by atoms with E-state index in [2.05, 4.69) is 26.4 Å². The van der Waals surface area contributed by atoms with E-state index in [1.807, 2.05) is 54.2 Å². The number of anilines is 2. The van der Waals surface area contributed by atoms with E-state index in [0.717, 1.165) is 41.8 Å². The number of aromatic nitrogens is 4. The van der Waals surface area contributed by atoms with Gasteiger partial charge in [-0.25, -0.2) is 18.1 Å². The van der Waals surface area contributed by atoms with E-state index in [1.54, 1.807) is 0 Å². The zero-order valence-corrected chi connectivity index (χ0v) is 18.6. The molecule has 0 saturated heterocycles. The highest BCUT2D eigenvalue weighted by atomic mass is 127. The van der Waals surface area contributed by atoms with Crippen LogP contribution in [0.4, 0.5) is 11.6 Å². The number of hydrogen-bond acceptors (Lipinski definition) is 6. The first-order chi connectivity index (χ1) is 14.5. The molecule has 1 aromatic carbocycles. The van der Waals surface area contributed by atoms with Crippen molar-refractivity contribution in [1.82, 2.24) is 19.5 Å². The van der Waals surface area contributed by atoms with Crippen molar-refractivity contribution >= 4 is 51.4 Å². The Kier molecular flexibility index (Phi) is 5.67. The first-order valence-electron chi connectivity index (χ1n) is 9.57. The molecule has 1 saturated carbocycles. The Hall–Kier alpha value is -3.00. The summed E-state index contributed by atoms with van der Waals surface area (Å²) >= 11 is 1.98. The summed E-state index contributed by atoms with van der Waals surface area (Å²) in [7, 11) is 2.03. The van der Waals surface area contributed by atoms with Gasteiger partial charge in [-0.2, -0.15) is 5.26 Å². The number of rotatable bonds is 5. The van der Waals surface area contributed by atoms with Crippen LogP contribution in [0, 0.1) is 11.3 Å². The molecule has 1 amide bonds. The monoisotopic (exact) mass is 513 g/mol. The van der Waals surface area contributed by atoms with Gasteiger partial charge in [0, 0.05) is 19.0 Å². The van der Waals surface area contributed by atoms with Gasteiger partial charge in [0.2, 0.25) is 5.95 Å². The average Bonchev–Trinajstić information content (AvgIpc) is 3.37. The Morgan fingerprint density at radius 1 is 1.40 bits per heavy atom. The molecule has 2 atom stereocenters. The van der Waals surface area contributed by atoms with Crippen LogP contribution in [0.3, 0.4) is 0 Å². The van der Waals surface area contributed by atoms with Crippen molar-refractivity contribution < 1.29 is 4.79 Å². The van der Waals surface area contributed by atoms with Crippen molar-refractivity contribution in [3.63, 3.8) is 0 Å². The summed E-state index contributed by atoms with van der Waals surface area (Å²) in [6, 6.07) is 8.13. The van der Waals surface area contributed by atoms with E-state index in [9.17, 15) is 4.79 Å². The predicted octanol–water partition coefficient (Wildman–Crippen LogP) is 3.85. The van der Waals surface area contributed by atoms with E-state index in [-0.39, 0.29) is 11.9 Å². The van der Waals surface area contributed by atoms with Crippen LogP contribution in [0.15, 0.2) is 43.2 Å². The molecule has 9 heteroatoms. The Morgan fingerprint density at radius 3 is 2.87 bits per heavy atom. The number of fused-ring (bicyclic) bond motifs is 1. The second-order valence-corrected chi connectivity index (χ2v) is 8.25. The van der Waals surface area contributed by atoms with Crippen LogP contribution in [0.1, 0.15) is 36.6 Å². The maximum atomic E-state index is 11.9. The summed E-state index contributed by atoms with van der Waals surface area (Å²) < 4.78 is 3.67. The van der Waals surface area contributed by atoms with Crippen LogP contribution in [-0.4, -0.2) is 31.5 Å². The minimum absolute atomic E-state index is 0.166. The number of halogens is 1. The van der Waals surface area contributed by atoms with Gasteiger partial charge in [0.1, 0.15) is 11.9 Å². The van der Waals surface area contributed by atoms with Crippen molar-refractivity contribution in [3.8, 4) is 6.07 Å². The molecule has 1 aliphatic rings. The normalized spacial score (nSPS) is 18.2. The van der Waals surface area contributed by atoms with Crippen LogP contribution in [-0.2, 0) is 11.8 Å². The number of imidazole rings is 1. The largest absolute Gasteiger partial charge is 0.351 e. The van der Waals surface area contributed by atoms with Crippen LogP contribution in [0.25, 0.3) is 11.0 Å². The molecular formula is C21H20IN7O. The molecule has 4 rings (SSSR count). The molecule has 152 valence electrons. The minimum atomic E-state index is -0.166. The lowest BCUT2D eigenvalue weighted by Crippen LogP contribution is -2.17. The van der Waals surface area contributed by atoms with Gasteiger partial charge in [-0.05, 0) is 43.5 Å². The molecule has 0 bridgehead atoms. The van der Waals surface area contributed by atoms with Crippen LogP contribution >= 0.6 is 22.9 Å². The molecule has 1 aliphatic carbocycles. The number of hydrogen-bond donors (Lipinski definition) is 1. The van der Waals surface area contributed by atoms with Gasteiger partial charge >= 0.3 is 0 Å². The zero-order chi connectivity index (χ0) is 21.3. The molecule has 1 fully saturated rings. The van der Waals surface area contributed by atoms with Gasteiger partial charge < -0.3 is 9.88 Å². The fourth-order valence-corrected chi connectivity index (χ4v) is 4.39. The number of nitrogens with zero attached hydrogens (tertiary/aromatic N) is 6. The summed E-state index contributed by atoms with van der Waals surface area (Å²) in [5.41, 5.74) is 3.14. The summed E-state index contributed by atoms with van der Waals surface area (Å²) in [6.07, 6.45) is 7.30. The number of carbonyl (C=O) groups is 1. The number of carbonyl (C=O) groups excluding carboxylic acids is 1. The van der Waals surface area contributed by atoms with Crippen molar-refractivity contribution in [2.24, 2.45) is 7.05 Å². The van der Waals surface area contributed by atoms with Crippen molar-refractivity contribution in [2.75, 3.05) is 8.43 Å². The number of nitrogens with one attached hydrogen (secondary N) is 1. The quantitative estimate of drug-likeness (QED) is 0.316. The molecule has 0 radical (unpaired) electrons. The molecule has 3 aromatic rings. The number of benzene rings is 1. The maximum Gasteiger partial charge on any atom is 0.259 e. The SMILES string of the molecule is C=CC(=O)N(I)c1ccc2c(c1)nc([C@H]1CC[C@@H](Nc3ncc(C#N)cn3)C1)n2C. The van der Waals surface area contributed by atoms with Gasteiger partial charge in [-0.1, -0.05) is 6.58 Å². The Morgan fingerprint density at radius 2 is 2.17 bits per heavy atom. The Bertz CT molecular complexity index is 1150. The molecule has 8 nitrogen and oxygen atoms in total. The lowest BCUT2D eigenvalue weighted by atomic mass is 10.1. The topological polar surface area (TPSA) is 99.7 Å². The molecule has 2 heterocycles. The van der Waals surface area contributed by atoms with E-state index >= 15 is 0 Å². The van der Waals surface area contributed by atoms with Crippen molar-refractivity contribution in [3.05, 3.63) is 54.6 Å². The van der Waals surface area contributed by atoms with Crippen LogP contribution in [0.5, 0.6) is 0 Å². The third kappa shape index (κ3) is 3.87. The number of nitriles is 1. The lowest BCUT2D eigenvalue weighted by Gasteiger charge is -2.13. The summed E-state index contributed by atoms with van der Waals surface area (Å²) in [4.78, 5) is 25.2. The minimum Gasteiger partial charge on any atom is -0.351 e. The first-order valence-corrected chi connectivity index (χ1v) is 10.5.